The van der Waals surface area contributed by atoms with Gasteiger partial charge in [-0.15, -0.1) is 0 Å². The van der Waals surface area contributed by atoms with Crippen LogP contribution in [0.1, 0.15) is 11.1 Å². The van der Waals surface area contributed by atoms with Crippen LogP contribution in [0.25, 0.3) is 0 Å². The van der Waals surface area contributed by atoms with Gasteiger partial charge in [-0.3, -0.25) is 4.79 Å². The number of nitrogens with zero attached hydrogens (tertiary/aromatic N) is 1. The lowest BCUT2D eigenvalue weighted by molar-refractivity contribution is -0.892. The minimum absolute atomic E-state index is 0.0603. The van der Waals surface area contributed by atoms with Gasteiger partial charge in [-0.25, -0.2) is 0 Å². The van der Waals surface area contributed by atoms with Crippen LogP contribution in [0.15, 0.2) is 42.5 Å². The number of hydrogen-bond donors (Lipinski definition) is 2. The summed E-state index contributed by atoms with van der Waals surface area (Å²) in [5.41, 5.74) is 4.75. The molecule has 2 aromatic rings. The highest BCUT2D eigenvalue weighted by molar-refractivity contribution is 5.91. The van der Waals surface area contributed by atoms with Gasteiger partial charge in [0.2, 0.25) is 0 Å². The summed E-state index contributed by atoms with van der Waals surface area (Å²) < 4.78 is 5.14. The van der Waals surface area contributed by atoms with Gasteiger partial charge in [0, 0.05) is 11.4 Å². The zero-order valence-electron chi connectivity index (χ0n) is 15.8. The molecule has 5 heteroatoms. The van der Waals surface area contributed by atoms with Gasteiger partial charge in [-0.2, -0.15) is 0 Å². The van der Waals surface area contributed by atoms with E-state index in [1.807, 2.05) is 24.3 Å². The van der Waals surface area contributed by atoms with E-state index in [1.54, 1.807) is 7.11 Å². The van der Waals surface area contributed by atoms with Crippen LogP contribution < -0.4 is 19.9 Å². The number of aryl methyl sites for hydroxylation is 2. The Balaban J connectivity index is 1.49. The van der Waals surface area contributed by atoms with Crippen molar-refractivity contribution in [2.24, 2.45) is 0 Å². The molecular formula is C21H28N3O2+. The lowest BCUT2D eigenvalue weighted by Gasteiger charge is -2.34. The number of hydrogen-bond acceptors (Lipinski definition) is 3. The van der Waals surface area contributed by atoms with Crippen molar-refractivity contribution in [3.8, 4) is 5.75 Å². The van der Waals surface area contributed by atoms with Crippen molar-refractivity contribution in [2.75, 3.05) is 50.1 Å². The Morgan fingerprint density at radius 3 is 2.42 bits per heavy atom. The van der Waals surface area contributed by atoms with Crippen LogP contribution in [0.5, 0.6) is 5.75 Å². The molecule has 26 heavy (non-hydrogen) atoms. The molecule has 0 atom stereocenters. The molecular weight excluding hydrogens is 326 g/mol. The molecule has 0 spiro atoms. The molecule has 3 rings (SSSR count). The monoisotopic (exact) mass is 354 g/mol. The largest absolute Gasteiger partial charge is 0.497 e. The van der Waals surface area contributed by atoms with Crippen LogP contribution in [0, 0.1) is 13.8 Å². The number of rotatable bonds is 5. The second kappa shape index (κ2) is 8.23. The lowest BCUT2D eigenvalue weighted by Crippen LogP contribution is -3.15. The van der Waals surface area contributed by atoms with Gasteiger partial charge in [0.25, 0.3) is 5.91 Å². The zero-order valence-corrected chi connectivity index (χ0v) is 15.8. The number of benzene rings is 2. The van der Waals surface area contributed by atoms with Crippen LogP contribution in [-0.2, 0) is 4.79 Å². The van der Waals surface area contributed by atoms with Crippen molar-refractivity contribution in [1.29, 1.82) is 0 Å². The van der Waals surface area contributed by atoms with E-state index in [2.05, 4.69) is 42.3 Å². The first kappa shape index (κ1) is 18.3. The van der Waals surface area contributed by atoms with Crippen LogP contribution in [0.3, 0.4) is 0 Å². The summed E-state index contributed by atoms with van der Waals surface area (Å²) in [5, 5.41) is 2.97. The first-order valence-corrected chi connectivity index (χ1v) is 9.15. The topological polar surface area (TPSA) is 46.0 Å². The van der Waals surface area contributed by atoms with Gasteiger partial charge < -0.3 is 19.9 Å². The van der Waals surface area contributed by atoms with E-state index >= 15 is 0 Å². The van der Waals surface area contributed by atoms with Crippen molar-refractivity contribution < 1.29 is 14.4 Å². The van der Waals surface area contributed by atoms with Gasteiger partial charge in [0.15, 0.2) is 6.54 Å². The second-order valence-corrected chi connectivity index (χ2v) is 6.98. The average Bonchev–Trinajstić information content (AvgIpc) is 2.63. The molecule has 1 fully saturated rings. The molecule has 1 aliphatic rings. The maximum atomic E-state index is 12.3. The van der Waals surface area contributed by atoms with Gasteiger partial charge in [0.05, 0.1) is 33.3 Å². The Morgan fingerprint density at radius 1 is 1.12 bits per heavy atom. The molecule has 0 bridgehead atoms. The number of piperazine rings is 1. The normalized spacial score (nSPS) is 15.0. The van der Waals surface area contributed by atoms with Crippen LogP contribution >= 0.6 is 0 Å². The van der Waals surface area contributed by atoms with E-state index in [1.165, 1.54) is 21.7 Å². The highest BCUT2D eigenvalue weighted by Crippen LogP contribution is 2.21. The van der Waals surface area contributed by atoms with Crippen LogP contribution in [0.4, 0.5) is 11.4 Å². The number of ether oxygens (including phenoxy) is 1. The number of carbonyl (C=O) groups excluding carboxylic acids is 1. The number of anilines is 2. The quantitative estimate of drug-likeness (QED) is 0.858. The van der Waals surface area contributed by atoms with E-state index < -0.39 is 0 Å². The molecule has 2 N–H and O–H groups in total. The predicted molar refractivity (Wildman–Crippen MR) is 105 cm³/mol. The maximum absolute atomic E-state index is 12.3. The van der Waals surface area contributed by atoms with E-state index in [9.17, 15) is 4.79 Å². The van der Waals surface area contributed by atoms with Gasteiger partial charge in [-0.05, 0) is 49.7 Å². The molecule has 2 aromatic carbocycles. The number of nitrogens with one attached hydrogen (secondary N) is 2. The third-order valence-corrected chi connectivity index (χ3v) is 4.95. The fraction of sp³-hybridized carbons (Fsp3) is 0.381. The fourth-order valence-electron chi connectivity index (χ4n) is 3.51. The standard InChI is InChI=1S/C21H27N3O2/c1-16-4-9-20(17(2)14-16)24-12-10-23(11-13-24)15-21(25)22-18-5-7-19(26-3)8-6-18/h4-9,14H,10-13,15H2,1-3H3,(H,22,25)/p+1. The van der Waals surface area contributed by atoms with E-state index in [4.69, 9.17) is 4.74 Å². The van der Waals surface area contributed by atoms with Crippen molar-refractivity contribution in [2.45, 2.75) is 13.8 Å². The number of methoxy groups -OCH3 is 1. The van der Waals surface area contributed by atoms with Crippen molar-refractivity contribution >= 4 is 17.3 Å². The van der Waals surface area contributed by atoms with Crippen molar-refractivity contribution in [1.82, 2.24) is 0 Å². The molecule has 0 unspecified atom stereocenters. The second-order valence-electron chi connectivity index (χ2n) is 6.98. The van der Waals surface area contributed by atoms with E-state index in [0.29, 0.717) is 6.54 Å². The fourth-order valence-corrected chi connectivity index (χ4v) is 3.51. The van der Waals surface area contributed by atoms with Crippen molar-refractivity contribution in [3.05, 3.63) is 53.6 Å². The lowest BCUT2D eigenvalue weighted by atomic mass is 10.1. The van der Waals surface area contributed by atoms with Gasteiger partial charge in [0.1, 0.15) is 5.75 Å². The highest BCUT2D eigenvalue weighted by atomic mass is 16.5. The molecule has 5 nitrogen and oxygen atoms in total. The number of quaternary nitrogens is 1. The van der Waals surface area contributed by atoms with Gasteiger partial charge in [-0.1, -0.05) is 17.7 Å². The summed E-state index contributed by atoms with van der Waals surface area (Å²) >= 11 is 0. The Labute approximate surface area is 155 Å². The molecule has 0 aliphatic carbocycles. The molecule has 1 aliphatic heterocycles. The smallest absolute Gasteiger partial charge is 0.279 e. The zero-order chi connectivity index (χ0) is 18.5. The SMILES string of the molecule is COc1ccc(NC(=O)C[NH+]2CCN(c3ccc(C)cc3C)CC2)cc1. The maximum Gasteiger partial charge on any atom is 0.279 e. The first-order chi connectivity index (χ1) is 12.5. The summed E-state index contributed by atoms with van der Waals surface area (Å²) in [7, 11) is 1.63. The predicted octanol–water partition coefficient (Wildman–Crippen LogP) is 1.66. The summed E-state index contributed by atoms with van der Waals surface area (Å²) in [5.74, 6) is 0.848. The molecule has 1 amide bonds. The number of carbonyl (C=O) groups is 1. The minimum Gasteiger partial charge on any atom is -0.497 e. The summed E-state index contributed by atoms with van der Waals surface area (Å²) in [6.07, 6.45) is 0. The third kappa shape index (κ3) is 4.55. The van der Waals surface area contributed by atoms with Crippen molar-refractivity contribution in [3.63, 3.8) is 0 Å². The van der Waals surface area contributed by atoms with Gasteiger partial charge >= 0.3 is 0 Å². The molecule has 0 radical (unpaired) electrons. The molecule has 0 saturated carbocycles. The third-order valence-electron chi connectivity index (χ3n) is 4.95. The van der Waals surface area contributed by atoms with E-state index in [-0.39, 0.29) is 5.91 Å². The molecule has 1 heterocycles. The molecule has 1 saturated heterocycles. The Bertz CT molecular complexity index is 750. The first-order valence-electron chi connectivity index (χ1n) is 9.15. The average molecular weight is 354 g/mol. The Morgan fingerprint density at radius 2 is 1.81 bits per heavy atom. The summed E-state index contributed by atoms with van der Waals surface area (Å²) in [4.78, 5) is 16.1. The Hall–Kier alpha value is -2.53. The summed E-state index contributed by atoms with van der Waals surface area (Å²) in [6.45, 7) is 8.72. The summed E-state index contributed by atoms with van der Waals surface area (Å²) in [6, 6.07) is 14.1. The van der Waals surface area contributed by atoms with E-state index in [0.717, 1.165) is 37.6 Å². The van der Waals surface area contributed by atoms with Crippen LogP contribution in [-0.4, -0.2) is 45.7 Å². The Kier molecular flexibility index (Phi) is 5.78. The molecule has 0 aromatic heterocycles. The number of amides is 1. The molecule has 138 valence electrons. The van der Waals surface area contributed by atoms with Crippen LogP contribution in [0.2, 0.25) is 0 Å². The highest BCUT2D eigenvalue weighted by Gasteiger charge is 2.23. The minimum atomic E-state index is 0.0603.